The van der Waals surface area contributed by atoms with Crippen molar-refractivity contribution >= 4 is 0 Å². The lowest BCUT2D eigenvalue weighted by Crippen LogP contribution is -2.39. The highest BCUT2D eigenvalue weighted by molar-refractivity contribution is 5.14. The van der Waals surface area contributed by atoms with Crippen LogP contribution in [0.15, 0.2) is 6.20 Å². The lowest BCUT2D eigenvalue weighted by Gasteiger charge is -2.41. The molecule has 0 radical (unpaired) electrons. The Labute approximate surface area is 98.2 Å². The summed E-state index contributed by atoms with van der Waals surface area (Å²) in [4.78, 5) is 0. The Balaban J connectivity index is 1.81. The molecule has 0 atom stereocenters. The molecule has 0 spiro atoms. The van der Waals surface area contributed by atoms with Crippen molar-refractivity contribution in [1.82, 2.24) is 15.1 Å². The van der Waals surface area contributed by atoms with Crippen LogP contribution in [0.5, 0.6) is 0 Å². The van der Waals surface area contributed by atoms with Crippen molar-refractivity contribution < 1.29 is 0 Å². The second kappa shape index (κ2) is 4.58. The highest BCUT2D eigenvalue weighted by Gasteiger charge is 2.34. The summed E-state index contributed by atoms with van der Waals surface area (Å²) in [7, 11) is 1.98. The average molecular weight is 221 g/mol. The van der Waals surface area contributed by atoms with Crippen molar-refractivity contribution in [2.45, 2.75) is 46.1 Å². The molecule has 1 aliphatic carbocycles. The minimum atomic E-state index is 0.607. The Hall–Kier alpha value is -0.830. The third kappa shape index (κ3) is 2.29. The Kier molecular flexibility index (Phi) is 3.33. The molecule has 1 heterocycles. The molecule has 1 N–H and O–H groups in total. The predicted molar refractivity (Wildman–Crippen MR) is 66.2 cm³/mol. The zero-order chi connectivity index (χ0) is 11.6. The minimum Gasteiger partial charge on any atom is -0.312 e. The van der Waals surface area contributed by atoms with Crippen LogP contribution >= 0.6 is 0 Å². The van der Waals surface area contributed by atoms with Crippen LogP contribution in [0.2, 0.25) is 0 Å². The van der Waals surface area contributed by atoms with Crippen LogP contribution in [0.4, 0.5) is 0 Å². The van der Waals surface area contributed by atoms with E-state index in [1.54, 1.807) is 0 Å². The molecule has 0 bridgehead atoms. The molecule has 0 aromatic carbocycles. The number of aromatic nitrogens is 2. The number of hydrogen-bond acceptors (Lipinski definition) is 2. The van der Waals surface area contributed by atoms with Gasteiger partial charge in [-0.3, -0.25) is 4.68 Å². The van der Waals surface area contributed by atoms with E-state index in [0.29, 0.717) is 5.41 Å². The van der Waals surface area contributed by atoms with Gasteiger partial charge in [-0.15, -0.1) is 0 Å². The summed E-state index contributed by atoms with van der Waals surface area (Å²) in [6, 6.07) is 0. The number of nitrogens with zero attached hydrogens (tertiary/aromatic N) is 2. The molecule has 3 heteroatoms. The SMILES string of the molecule is CCC1(CNCc2cn(C)nc2C)CCC1. The van der Waals surface area contributed by atoms with Crippen LogP contribution in [0.25, 0.3) is 0 Å². The van der Waals surface area contributed by atoms with Crippen LogP contribution < -0.4 is 5.32 Å². The monoisotopic (exact) mass is 221 g/mol. The van der Waals surface area contributed by atoms with Crippen molar-refractivity contribution in [2.75, 3.05) is 6.54 Å². The van der Waals surface area contributed by atoms with Gasteiger partial charge in [0.05, 0.1) is 5.69 Å². The van der Waals surface area contributed by atoms with E-state index in [1.807, 2.05) is 11.7 Å². The van der Waals surface area contributed by atoms with Crippen LogP contribution in [-0.4, -0.2) is 16.3 Å². The maximum atomic E-state index is 4.36. The summed E-state index contributed by atoms with van der Waals surface area (Å²) < 4.78 is 1.89. The number of aryl methyl sites for hydroxylation is 2. The van der Waals surface area contributed by atoms with Crippen molar-refractivity contribution in [1.29, 1.82) is 0 Å². The summed E-state index contributed by atoms with van der Waals surface area (Å²) in [5, 5.41) is 7.95. The van der Waals surface area contributed by atoms with Gasteiger partial charge in [0, 0.05) is 31.9 Å². The summed E-state index contributed by atoms with van der Waals surface area (Å²) in [6.45, 7) is 6.52. The van der Waals surface area contributed by atoms with Crippen LogP contribution in [0.1, 0.15) is 43.9 Å². The normalized spacial score (nSPS) is 18.4. The molecule has 1 aliphatic rings. The summed E-state index contributed by atoms with van der Waals surface area (Å²) in [5.74, 6) is 0. The molecule has 2 rings (SSSR count). The van der Waals surface area contributed by atoms with E-state index < -0.39 is 0 Å². The molecule has 1 aromatic rings. The first-order valence-corrected chi connectivity index (χ1v) is 6.35. The number of hydrogen-bond donors (Lipinski definition) is 1. The molecule has 0 unspecified atom stereocenters. The van der Waals surface area contributed by atoms with Gasteiger partial charge in [-0.1, -0.05) is 13.3 Å². The fourth-order valence-corrected chi connectivity index (χ4v) is 2.62. The molecule has 16 heavy (non-hydrogen) atoms. The van der Waals surface area contributed by atoms with Gasteiger partial charge in [-0.25, -0.2) is 0 Å². The number of rotatable bonds is 5. The van der Waals surface area contributed by atoms with Gasteiger partial charge in [0.15, 0.2) is 0 Å². The first kappa shape index (κ1) is 11.6. The molecule has 1 fully saturated rings. The van der Waals surface area contributed by atoms with Gasteiger partial charge in [0.2, 0.25) is 0 Å². The zero-order valence-corrected chi connectivity index (χ0v) is 10.7. The highest BCUT2D eigenvalue weighted by Crippen LogP contribution is 2.43. The smallest absolute Gasteiger partial charge is 0.0638 e. The third-order valence-corrected chi connectivity index (χ3v) is 4.09. The number of nitrogens with one attached hydrogen (secondary N) is 1. The van der Waals surface area contributed by atoms with Crippen LogP contribution in [-0.2, 0) is 13.6 Å². The fraction of sp³-hybridized carbons (Fsp3) is 0.769. The predicted octanol–water partition coefficient (Wildman–Crippen LogP) is 2.40. The topological polar surface area (TPSA) is 29.9 Å². The van der Waals surface area contributed by atoms with Crippen molar-refractivity contribution in [2.24, 2.45) is 12.5 Å². The Morgan fingerprint density at radius 2 is 2.25 bits per heavy atom. The molecule has 0 aliphatic heterocycles. The van der Waals surface area contributed by atoms with Crippen molar-refractivity contribution in [3.05, 3.63) is 17.5 Å². The second-order valence-corrected chi connectivity index (χ2v) is 5.22. The van der Waals surface area contributed by atoms with E-state index in [0.717, 1.165) is 18.8 Å². The van der Waals surface area contributed by atoms with Crippen LogP contribution in [0.3, 0.4) is 0 Å². The summed E-state index contributed by atoms with van der Waals surface area (Å²) in [6.07, 6.45) is 7.65. The molecule has 1 saturated carbocycles. The lowest BCUT2D eigenvalue weighted by molar-refractivity contribution is 0.124. The van der Waals surface area contributed by atoms with Crippen molar-refractivity contribution in [3.8, 4) is 0 Å². The molecule has 0 saturated heterocycles. The average Bonchev–Trinajstić information content (AvgIpc) is 2.50. The molecule has 0 amide bonds. The summed E-state index contributed by atoms with van der Waals surface area (Å²) in [5.41, 5.74) is 3.08. The second-order valence-electron chi connectivity index (χ2n) is 5.22. The quantitative estimate of drug-likeness (QED) is 0.827. The van der Waals surface area contributed by atoms with Gasteiger partial charge < -0.3 is 5.32 Å². The summed E-state index contributed by atoms with van der Waals surface area (Å²) >= 11 is 0. The van der Waals surface area contributed by atoms with E-state index in [-0.39, 0.29) is 0 Å². The molecule has 1 aromatic heterocycles. The van der Waals surface area contributed by atoms with Crippen LogP contribution in [0, 0.1) is 12.3 Å². The Morgan fingerprint density at radius 3 is 2.69 bits per heavy atom. The first-order valence-electron chi connectivity index (χ1n) is 6.35. The van der Waals surface area contributed by atoms with Gasteiger partial charge in [-0.2, -0.15) is 5.10 Å². The molecule has 90 valence electrons. The Bertz CT molecular complexity index is 345. The van der Waals surface area contributed by atoms with Gasteiger partial charge in [0.1, 0.15) is 0 Å². The zero-order valence-electron chi connectivity index (χ0n) is 10.7. The highest BCUT2D eigenvalue weighted by atomic mass is 15.2. The molecular formula is C13H23N3. The maximum absolute atomic E-state index is 4.36. The minimum absolute atomic E-state index is 0.607. The van der Waals surface area contributed by atoms with Gasteiger partial charge in [0.25, 0.3) is 0 Å². The lowest BCUT2D eigenvalue weighted by atomic mass is 9.67. The van der Waals surface area contributed by atoms with Crippen molar-refractivity contribution in [3.63, 3.8) is 0 Å². The fourth-order valence-electron chi connectivity index (χ4n) is 2.62. The Morgan fingerprint density at radius 1 is 1.50 bits per heavy atom. The maximum Gasteiger partial charge on any atom is 0.0638 e. The molecule has 3 nitrogen and oxygen atoms in total. The van der Waals surface area contributed by atoms with E-state index in [1.165, 1.54) is 31.2 Å². The largest absolute Gasteiger partial charge is 0.312 e. The van der Waals surface area contributed by atoms with Gasteiger partial charge >= 0.3 is 0 Å². The van der Waals surface area contributed by atoms with E-state index >= 15 is 0 Å². The van der Waals surface area contributed by atoms with E-state index in [2.05, 4.69) is 30.5 Å². The van der Waals surface area contributed by atoms with Gasteiger partial charge in [-0.05, 0) is 31.6 Å². The molecular weight excluding hydrogens is 198 g/mol. The third-order valence-electron chi connectivity index (χ3n) is 4.09. The standard InChI is InChI=1S/C13H23N3/c1-4-13(6-5-7-13)10-14-8-12-9-16(3)15-11(12)2/h9,14H,4-8,10H2,1-3H3. The first-order chi connectivity index (χ1) is 7.65. The van der Waals surface area contributed by atoms with E-state index in [9.17, 15) is 0 Å². The van der Waals surface area contributed by atoms with E-state index in [4.69, 9.17) is 0 Å².